The van der Waals surface area contributed by atoms with Crippen molar-refractivity contribution in [2.75, 3.05) is 13.2 Å². The third kappa shape index (κ3) is 4.62. The zero-order chi connectivity index (χ0) is 25.6. The van der Waals surface area contributed by atoms with Crippen LogP contribution in [0.15, 0.2) is 42.3 Å². The quantitative estimate of drug-likeness (QED) is 0.375. The van der Waals surface area contributed by atoms with Crippen LogP contribution in [0.1, 0.15) is 49.9 Å². The van der Waals surface area contributed by atoms with Gasteiger partial charge in [-0.25, -0.2) is 9.20 Å². The van der Waals surface area contributed by atoms with E-state index in [2.05, 4.69) is 38.4 Å². The summed E-state index contributed by atoms with van der Waals surface area (Å²) in [5.74, 6) is 0.379. The van der Waals surface area contributed by atoms with Crippen molar-refractivity contribution in [3.05, 3.63) is 47.8 Å². The molecule has 2 amide bonds. The molecule has 0 spiro atoms. The summed E-state index contributed by atoms with van der Waals surface area (Å²) >= 11 is 1.47. The molecule has 194 valence electrons. The van der Waals surface area contributed by atoms with Crippen molar-refractivity contribution < 1.29 is 14.3 Å². The van der Waals surface area contributed by atoms with Crippen LogP contribution in [0.3, 0.4) is 0 Å². The predicted molar refractivity (Wildman–Crippen MR) is 139 cm³/mol. The number of allylic oxidation sites excluding steroid dienone is 1. The van der Waals surface area contributed by atoms with E-state index in [-0.39, 0.29) is 29.9 Å². The number of hydrogen-bond donors (Lipinski definition) is 4. The van der Waals surface area contributed by atoms with Gasteiger partial charge in [-0.15, -0.1) is 11.3 Å². The first kappa shape index (κ1) is 23.7. The van der Waals surface area contributed by atoms with Crippen LogP contribution in [0.2, 0.25) is 0 Å². The molecule has 5 heterocycles. The summed E-state index contributed by atoms with van der Waals surface area (Å²) in [7, 11) is 0. The second kappa shape index (κ2) is 9.34. The van der Waals surface area contributed by atoms with Crippen LogP contribution in [0, 0.1) is 0 Å². The highest BCUT2D eigenvalue weighted by molar-refractivity contribution is 7.21. The summed E-state index contributed by atoms with van der Waals surface area (Å²) in [5.41, 5.74) is 2.70. The van der Waals surface area contributed by atoms with Crippen LogP contribution in [0.4, 0.5) is 0 Å². The van der Waals surface area contributed by atoms with Gasteiger partial charge in [-0.3, -0.25) is 9.59 Å². The topological polar surface area (TPSA) is 127 Å². The number of fused-ring (bicyclic) bond motifs is 2. The number of hydrogen-bond acceptors (Lipinski definition) is 8. The Balaban J connectivity index is 1.15. The number of aromatic nitrogens is 4. The lowest BCUT2D eigenvalue weighted by Crippen LogP contribution is -2.51. The molecule has 12 heteroatoms. The van der Waals surface area contributed by atoms with Gasteiger partial charge in [0.15, 0.2) is 0 Å². The fourth-order valence-electron chi connectivity index (χ4n) is 4.74. The van der Waals surface area contributed by atoms with Crippen molar-refractivity contribution in [1.82, 2.24) is 40.7 Å². The number of carbonyl (C=O) groups excluding carboxylic acids is 2. The molecule has 0 bridgehead atoms. The van der Waals surface area contributed by atoms with Crippen molar-refractivity contribution in [3.8, 4) is 16.3 Å². The van der Waals surface area contributed by atoms with Gasteiger partial charge >= 0.3 is 0 Å². The number of ether oxygens (including phenoxy) is 1. The first-order valence-electron chi connectivity index (χ1n) is 12.6. The summed E-state index contributed by atoms with van der Waals surface area (Å²) in [6.45, 7) is 5.84. The number of nitrogens with zero attached hydrogens (tertiary/aromatic N) is 4. The number of aryl methyl sites for hydroxylation is 1. The average molecular weight is 523 g/mol. The molecule has 0 aromatic carbocycles. The van der Waals surface area contributed by atoms with Crippen molar-refractivity contribution in [1.29, 1.82) is 0 Å². The molecule has 1 saturated carbocycles. The zero-order valence-corrected chi connectivity index (χ0v) is 21.7. The summed E-state index contributed by atoms with van der Waals surface area (Å²) in [5, 5.41) is 21.2. The molecule has 3 aromatic rings. The van der Waals surface area contributed by atoms with E-state index in [0.29, 0.717) is 23.6 Å². The van der Waals surface area contributed by atoms with Crippen LogP contribution in [0.5, 0.6) is 5.88 Å². The minimum atomic E-state index is -0.260. The summed E-state index contributed by atoms with van der Waals surface area (Å²) in [4.78, 5) is 27.4. The molecule has 3 aromatic heterocycles. The molecule has 0 radical (unpaired) electrons. The molecule has 37 heavy (non-hydrogen) atoms. The van der Waals surface area contributed by atoms with E-state index >= 15 is 0 Å². The molecular formula is C25H30N8O3S. The molecule has 3 aliphatic rings. The Hall–Kier alpha value is -3.64. The van der Waals surface area contributed by atoms with Gasteiger partial charge in [0.1, 0.15) is 4.83 Å². The molecule has 1 fully saturated rings. The fourth-order valence-corrected chi connectivity index (χ4v) is 5.80. The molecule has 0 saturated heterocycles. The summed E-state index contributed by atoms with van der Waals surface area (Å²) in [6, 6.07) is -0.127. The monoisotopic (exact) mass is 522 g/mol. The Morgan fingerprint density at radius 1 is 1.24 bits per heavy atom. The number of dihydropyridines is 1. The van der Waals surface area contributed by atoms with Crippen molar-refractivity contribution in [2.45, 2.75) is 57.7 Å². The normalized spacial score (nSPS) is 20.1. The Kier molecular flexibility index (Phi) is 6.00. The third-order valence-electron chi connectivity index (χ3n) is 7.19. The lowest BCUT2D eigenvalue weighted by molar-refractivity contribution is -0.120. The van der Waals surface area contributed by atoms with E-state index in [9.17, 15) is 9.59 Å². The number of carbonyl (C=O) groups is 2. The third-order valence-corrected chi connectivity index (χ3v) is 8.34. The molecule has 1 aliphatic carbocycles. The number of rotatable bonds is 7. The van der Waals surface area contributed by atoms with E-state index in [1.165, 1.54) is 17.8 Å². The van der Waals surface area contributed by atoms with Crippen LogP contribution in [-0.2, 0) is 11.3 Å². The van der Waals surface area contributed by atoms with E-state index in [1.54, 1.807) is 29.2 Å². The molecule has 6 rings (SSSR count). The van der Waals surface area contributed by atoms with Crippen LogP contribution in [0.25, 0.3) is 15.3 Å². The van der Waals surface area contributed by atoms with E-state index < -0.39 is 0 Å². The largest absolute Gasteiger partial charge is 0.477 e. The summed E-state index contributed by atoms with van der Waals surface area (Å²) < 4.78 is 9.41. The minimum absolute atomic E-state index is 0.0587. The van der Waals surface area contributed by atoms with Gasteiger partial charge in [-0.1, -0.05) is 0 Å². The van der Waals surface area contributed by atoms with Crippen molar-refractivity contribution in [3.63, 3.8) is 0 Å². The molecular weight excluding hydrogens is 492 g/mol. The maximum atomic E-state index is 13.3. The number of amides is 2. The zero-order valence-electron chi connectivity index (χ0n) is 20.8. The summed E-state index contributed by atoms with van der Waals surface area (Å²) in [6.07, 6.45) is 13.1. The van der Waals surface area contributed by atoms with E-state index in [0.717, 1.165) is 47.0 Å². The first-order chi connectivity index (χ1) is 17.9. The Morgan fingerprint density at radius 2 is 2.11 bits per heavy atom. The van der Waals surface area contributed by atoms with Crippen molar-refractivity contribution >= 4 is 28.0 Å². The predicted octanol–water partition coefficient (Wildman–Crippen LogP) is 2.14. The maximum absolute atomic E-state index is 13.3. The second-order valence-electron chi connectivity index (χ2n) is 10.0. The van der Waals surface area contributed by atoms with Gasteiger partial charge in [0.2, 0.25) is 11.8 Å². The lowest BCUT2D eigenvalue weighted by atomic mass is 9.78. The van der Waals surface area contributed by atoms with Gasteiger partial charge in [0, 0.05) is 36.6 Å². The van der Waals surface area contributed by atoms with Gasteiger partial charge in [-0.2, -0.15) is 10.2 Å². The first-order valence-corrected chi connectivity index (χ1v) is 13.4. The molecule has 2 aliphatic heterocycles. The Bertz CT molecular complexity index is 1430. The highest BCUT2D eigenvalue weighted by Crippen LogP contribution is 2.37. The Morgan fingerprint density at radius 3 is 2.92 bits per heavy atom. The highest BCUT2D eigenvalue weighted by Gasteiger charge is 2.31. The van der Waals surface area contributed by atoms with Gasteiger partial charge in [0.05, 0.1) is 53.3 Å². The van der Waals surface area contributed by atoms with Gasteiger partial charge in [-0.05, 0) is 39.2 Å². The lowest BCUT2D eigenvalue weighted by Gasteiger charge is -2.39. The Labute approximate surface area is 217 Å². The fraction of sp³-hybridized carbons (Fsp3) is 0.440. The molecule has 11 nitrogen and oxygen atoms in total. The molecule has 1 unspecified atom stereocenters. The van der Waals surface area contributed by atoms with E-state index in [1.807, 2.05) is 17.8 Å². The number of thiazole rings is 1. The van der Waals surface area contributed by atoms with Gasteiger partial charge < -0.3 is 26.0 Å². The highest BCUT2D eigenvalue weighted by atomic mass is 32.1. The van der Waals surface area contributed by atoms with Crippen LogP contribution in [-0.4, -0.2) is 55.9 Å². The SMILES string of the molecule is CC1NC=C(NC(=O)CNC2(C)CCC2)C=C1NC(=O)c1cnn2cc(-c3cnn4c3OCCC4)sc12. The van der Waals surface area contributed by atoms with Crippen molar-refractivity contribution in [2.24, 2.45) is 0 Å². The van der Waals surface area contributed by atoms with Crippen LogP contribution >= 0.6 is 11.3 Å². The second-order valence-corrected chi connectivity index (χ2v) is 11.1. The van der Waals surface area contributed by atoms with Crippen LogP contribution < -0.4 is 26.0 Å². The van der Waals surface area contributed by atoms with Gasteiger partial charge in [0.25, 0.3) is 5.91 Å². The molecule has 1 atom stereocenters. The molecule has 4 N–H and O–H groups in total. The standard InChI is InChI=1S/C25H30N8O3S/c1-15-19(9-16(10-26-15)30-21(34)13-27-25(2)5-3-6-25)31-22(35)18-12-29-33-14-20(37-24(18)33)17-11-28-32-7-4-8-36-23(17)32/h9-12,14-15,26-27H,3-8,13H2,1-2H3,(H,30,34)(H,31,35). The van der Waals surface area contributed by atoms with E-state index in [4.69, 9.17) is 4.74 Å². The maximum Gasteiger partial charge on any atom is 0.260 e. The smallest absolute Gasteiger partial charge is 0.260 e. The minimum Gasteiger partial charge on any atom is -0.477 e. The average Bonchev–Trinajstić information content (AvgIpc) is 3.57. The number of nitrogens with one attached hydrogen (secondary N) is 4.